The quantitative estimate of drug-likeness (QED) is 0.781. The van der Waals surface area contributed by atoms with Gasteiger partial charge in [0.1, 0.15) is 0 Å². The monoisotopic (exact) mass is 238 g/mol. The summed E-state index contributed by atoms with van der Waals surface area (Å²) in [5, 5.41) is 8.80. The van der Waals surface area contributed by atoms with Gasteiger partial charge in [-0.2, -0.15) is 0 Å². The van der Waals surface area contributed by atoms with Crippen LogP contribution < -0.4 is 0 Å². The fourth-order valence-electron chi connectivity index (χ4n) is 2.47. The normalized spacial score (nSPS) is 20.4. The molecule has 0 aromatic heterocycles. The standard InChI is InChI=1S/C14H16F2O/c15-13-3-1-2-12(14(13)16)11-6-4-10(5-7-11)8-9-17/h1-3,8,11,17H,4-7,9H2. The van der Waals surface area contributed by atoms with E-state index in [1.54, 1.807) is 12.1 Å². The van der Waals surface area contributed by atoms with Gasteiger partial charge in [0.2, 0.25) is 0 Å². The summed E-state index contributed by atoms with van der Waals surface area (Å²) in [7, 11) is 0. The van der Waals surface area contributed by atoms with Gasteiger partial charge >= 0.3 is 0 Å². The highest BCUT2D eigenvalue weighted by atomic mass is 19.2. The van der Waals surface area contributed by atoms with Crippen LogP contribution in [0.15, 0.2) is 29.8 Å². The third-order valence-electron chi connectivity index (χ3n) is 3.43. The number of aliphatic hydroxyl groups excluding tert-OH is 1. The molecule has 1 aliphatic carbocycles. The average Bonchev–Trinajstić information content (AvgIpc) is 2.34. The number of hydrogen-bond donors (Lipinski definition) is 1. The molecule has 92 valence electrons. The summed E-state index contributed by atoms with van der Waals surface area (Å²) >= 11 is 0. The zero-order chi connectivity index (χ0) is 12.3. The summed E-state index contributed by atoms with van der Waals surface area (Å²) in [4.78, 5) is 0. The van der Waals surface area contributed by atoms with Gasteiger partial charge in [-0.05, 0) is 43.2 Å². The maximum Gasteiger partial charge on any atom is 0.162 e. The highest BCUT2D eigenvalue weighted by molar-refractivity contribution is 5.25. The first kappa shape index (κ1) is 12.2. The smallest absolute Gasteiger partial charge is 0.162 e. The van der Waals surface area contributed by atoms with Crippen molar-refractivity contribution in [1.29, 1.82) is 0 Å². The summed E-state index contributed by atoms with van der Waals surface area (Å²) in [5.41, 5.74) is 1.72. The Morgan fingerprint density at radius 3 is 2.59 bits per heavy atom. The lowest BCUT2D eigenvalue weighted by Crippen LogP contribution is -2.09. The molecular formula is C14H16F2O. The van der Waals surface area contributed by atoms with E-state index in [1.807, 2.05) is 6.08 Å². The SMILES string of the molecule is OCC=C1CCC(c2cccc(F)c2F)CC1. The van der Waals surface area contributed by atoms with E-state index in [-0.39, 0.29) is 12.5 Å². The van der Waals surface area contributed by atoms with Gasteiger partial charge in [-0.1, -0.05) is 23.8 Å². The molecule has 0 amide bonds. The van der Waals surface area contributed by atoms with E-state index < -0.39 is 11.6 Å². The van der Waals surface area contributed by atoms with E-state index in [2.05, 4.69) is 0 Å². The number of halogens is 2. The maximum absolute atomic E-state index is 13.6. The van der Waals surface area contributed by atoms with Crippen molar-refractivity contribution in [1.82, 2.24) is 0 Å². The average molecular weight is 238 g/mol. The number of allylic oxidation sites excluding steroid dienone is 1. The maximum atomic E-state index is 13.6. The second-order valence-electron chi connectivity index (χ2n) is 4.46. The first-order valence-corrected chi connectivity index (χ1v) is 5.95. The molecule has 0 spiro atoms. The molecule has 1 aromatic rings. The van der Waals surface area contributed by atoms with E-state index in [0.29, 0.717) is 5.56 Å². The second kappa shape index (κ2) is 5.41. The van der Waals surface area contributed by atoms with Crippen LogP contribution in [-0.2, 0) is 0 Å². The Morgan fingerprint density at radius 2 is 1.94 bits per heavy atom. The summed E-state index contributed by atoms with van der Waals surface area (Å²) in [5.74, 6) is -1.37. The summed E-state index contributed by atoms with van der Waals surface area (Å²) in [6, 6.07) is 4.38. The van der Waals surface area contributed by atoms with Gasteiger partial charge in [0.25, 0.3) is 0 Å². The molecule has 0 aliphatic heterocycles. The van der Waals surface area contributed by atoms with Crippen molar-refractivity contribution < 1.29 is 13.9 Å². The minimum atomic E-state index is -0.765. The van der Waals surface area contributed by atoms with Crippen LogP contribution in [0.1, 0.15) is 37.2 Å². The number of rotatable bonds is 2. The van der Waals surface area contributed by atoms with Crippen molar-refractivity contribution in [3.63, 3.8) is 0 Å². The van der Waals surface area contributed by atoms with E-state index in [9.17, 15) is 8.78 Å². The van der Waals surface area contributed by atoms with E-state index in [0.717, 1.165) is 31.7 Å². The van der Waals surface area contributed by atoms with E-state index >= 15 is 0 Å². The molecule has 1 fully saturated rings. The molecule has 1 N–H and O–H groups in total. The molecule has 0 radical (unpaired) electrons. The molecule has 0 saturated heterocycles. The minimum Gasteiger partial charge on any atom is -0.392 e. The predicted molar refractivity (Wildman–Crippen MR) is 62.7 cm³/mol. The third kappa shape index (κ3) is 2.72. The predicted octanol–water partition coefficient (Wildman–Crippen LogP) is 3.54. The van der Waals surface area contributed by atoms with Gasteiger partial charge in [0.05, 0.1) is 6.61 Å². The molecule has 1 aromatic carbocycles. The van der Waals surface area contributed by atoms with Gasteiger partial charge in [-0.3, -0.25) is 0 Å². The summed E-state index contributed by atoms with van der Waals surface area (Å²) in [6.45, 7) is 0.0638. The first-order valence-electron chi connectivity index (χ1n) is 5.95. The molecule has 0 unspecified atom stereocenters. The Bertz CT molecular complexity index is 416. The van der Waals surface area contributed by atoms with Gasteiger partial charge in [0, 0.05) is 0 Å². The molecule has 2 rings (SSSR count). The van der Waals surface area contributed by atoms with Gasteiger partial charge in [-0.25, -0.2) is 8.78 Å². The van der Waals surface area contributed by atoms with Crippen molar-refractivity contribution in [2.75, 3.05) is 6.61 Å². The van der Waals surface area contributed by atoms with Crippen LogP contribution in [0.25, 0.3) is 0 Å². The third-order valence-corrected chi connectivity index (χ3v) is 3.43. The molecule has 17 heavy (non-hydrogen) atoms. The first-order chi connectivity index (χ1) is 8.22. The highest BCUT2D eigenvalue weighted by Crippen LogP contribution is 2.36. The van der Waals surface area contributed by atoms with Crippen molar-refractivity contribution in [3.8, 4) is 0 Å². The van der Waals surface area contributed by atoms with Gasteiger partial charge in [0.15, 0.2) is 11.6 Å². The van der Waals surface area contributed by atoms with Crippen LogP contribution in [0.3, 0.4) is 0 Å². The van der Waals surface area contributed by atoms with Crippen LogP contribution in [0, 0.1) is 11.6 Å². The largest absolute Gasteiger partial charge is 0.392 e. The Balaban J connectivity index is 2.10. The Morgan fingerprint density at radius 1 is 1.24 bits per heavy atom. The van der Waals surface area contributed by atoms with Crippen LogP contribution in [-0.4, -0.2) is 11.7 Å². The minimum absolute atomic E-state index is 0.0638. The molecule has 3 heteroatoms. The molecule has 0 atom stereocenters. The Labute approximate surface area is 99.8 Å². The molecule has 0 heterocycles. The van der Waals surface area contributed by atoms with Crippen molar-refractivity contribution in [3.05, 3.63) is 47.0 Å². The lowest BCUT2D eigenvalue weighted by molar-refractivity contribution is 0.339. The highest BCUT2D eigenvalue weighted by Gasteiger charge is 2.22. The van der Waals surface area contributed by atoms with Crippen LogP contribution in [0.4, 0.5) is 8.78 Å². The molecule has 0 bridgehead atoms. The summed E-state index contributed by atoms with van der Waals surface area (Å²) in [6.07, 6.45) is 5.19. The van der Waals surface area contributed by atoms with E-state index in [4.69, 9.17) is 5.11 Å². The fraction of sp³-hybridized carbons (Fsp3) is 0.429. The van der Waals surface area contributed by atoms with Gasteiger partial charge in [-0.15, -0.1) is 0 Å². The Hall–Kier alpha value is -1.22. The second-order valence-corrected chi connectivity index (χ2v) is 4.46. The lowest BCUT2D eigenvalue weighted by Gasteiger charge is -2.24. The van der Waals surface area contributed by atoms with Crippen LogP contribution in [0.5, 0.6) is 0 Å². The Kier molecular flexibility index (Phi) is 3.89. The number of benzene rings is 1. The van der Waals surface area contributed by atoms with Crippen LogP contribution in [0.2, 0.25) is 0 Å². The zero-order valence-electron chi connectivity index (χ0n) is 9.63. The van der Waals surface area contributed by atoms with E-state index in [1.165, 1.54) is 5.57 Å². The fourth-order valence-corrected chi connectivity index (χ4v) is 2.47. The van der Waals surface area contributed by atoms with Crippen molar-refractivity contribution in [2.24, 2.45) is 0 Å². The molecule has 1 aliphatic rings. The zero-order valence-corrected chi connectivity index (χ0v) is 9.63. The van der Waals surface area contributed by atoms with Crippen LogP contribution >= 0.6 is 0 Å². The topological polar surface area (TPSA) is 20.2 Å². The van der Waals surface area contributed by atoms with Crippen molar-refractivity contribution in [2.45, 2.75) is 31.6 Å². The lowest BCUT2D eigenvalue weighted by atomic mass is 9.81. The molecular weight excluding hydrogens is 222 g/mol. The number of aliphatic hydroxyl groups is 1. The van der Waals surface area contributed by atoms with Crippen molar-refractivity contribution >= 4 is 0 Å². The van der Waals surface area contributed by atoms with Gasteiger partial charge < -0.3 is 5.11 Å². The molecule has 1 saturated carbocycles. The number of hydrogen-bond acceptors (Lipinski definition) is 1. The molecule has 1 nitrogen and oxygen atoms in total. The summed E-state index contributed by atoms with van der Waals surface area (Å²) < 4.78 is 26.7.